The summed E-state index contributed by atoms with van der Waals surface area (Å²) in [4.78, 5) is 9.41. The first kappa shape index (κ1) is 10.1. The molecule has 2 aromatic carbocycles. The summed E-state index contributed by atoms with van der Waals surface area (Å²) in [6.07, 6.45) is 2.02. The van der Waals surface area contributed by atoms with E-state index in [1.807, 2.05) is 31.2 Å². The molecule has 1 nitrogen and oxygen atoms in total. The van der Waals surface area contributed by atoms with Gasteiger partial charge < -0.3 is 4.80 Å². The maximum Gasteiger partial charge on any atom is 0.188 e. The summed E-state index contributed by atoms with van der Waals surface area (Å²) in [6, 6.07) is 14.5. The number of benzene rings is 2. The summed E-state index contributed by atoms with van der Waals surface area (Å²) >= 11 is 0. The highest BCUT2D eigenvalue weighted by atomic mass is 28.2. The first-order valence-corrected chi connectivity index (χ1v) is 6.45. The standard InChI is InChI=1S/C13H14OSi/c1-2-13(15-14)12-9-5-7-10-6-3-4-8-11(10)12/h2-9,14H,15H2,1H3. The van der Waals surface area contributed by atoms with E-state index in [4.69, 9.17) is 0 Å². The van der Waals surface area contributed by atoms with E-state index in [0.717, 1.165) is 5.20 Å². The minimum absolute atomic E-state index is 1.10. The number of allylic oxidation sites excluding steroid dienone is 1. The van der Waals surface area contributed by atoms with Gasteiger partial charge in [-0.1, -0.05) is 48.5 Å². The van der Waals surface area contributed by atoms with Gasteiger partial charge in [-0.2, -0.15) is 0 Å². The third-order valence-electron chi connectivity index (χ3n) is 2.65. The average Bonchev–Trinajstić information content (AvgIpc) is 2.31. The van der Waals surface area contributed by atoms with Crippen LogP contribution in [0.1, 0.15) is 12.5 Å². The highest BCUT2D eigenvalue weighted by Crippen LogP contribution is 2.23. The number of hydrogen-bond acceptors (Lipinski definition) is 1. The Bertz CT molecular complexity index is 497. The molecule has 76 valence electrons. The van der Waals surface area contributed by atoms with Crippen molar-refractivity contribution in [3.05, 3.63) is 54.1 Å². The number of hydrogen-bond donors (Lipinski definition) is 1. The third-order valence-corrected chi connectivity index (χ3v) is 3.78. The molecule has 0 saturated heterocycles. The third kappa shape index (κ3) is 1.86. The summed E-state index contributed by atoms with van der Waals surface area (Å²) in [5, 5.41) is 3.58. The Balaban J connectivity index is 2.71. The van der Waals surface area contributed by atoms with Crippen LogP contribution < -0.4 is 0 Å². The summed E-state index contributed by atoms with van der Waals surface area (Å²) < 4.78 is 0. The van der Waals surface area contributed by atoms with Gasteiger partial charge in [0.15, 0.2) is 9.76 Å². The molecule has 0 aliphatic carbocycles. The smallest absolute Gasteiger partial charge is 0.188 e. The second-order valence-corrected chi connectivity index (χ2v) is 4.58. The van der Waals surface area contributed by atoms with E-state index in [1.165, 1.54) is 16.3 Å². The summed E-state index contributed by atoms with van der Waals surface area (Å²) in [6.45, 7) is 1.99. The number of fused-ring (bicyclic) bond motifs is 1. The van der Waals surface area contributed by atoms with Crippen LogP contribution in [0, 0.1) is 0 Å². The van der Waals surface area contributed by atoms with Crippen LogP contribution in [0.25, 0.3) is 16.0 Å². The molecule has 2 rings (SSSR count). The second kappa shape index (κ2) is 4.42. The van der Waals surface area contributed by atoms with E-state index in [2.05, 4.69) is 24.3 Å². The molecule has 2 aromatic rings. The lowest BCUT2D eigenvalue weighted by molar-refractivity contribution is 0.616. The zero-order chi connectivity index (χ0) is 10.7. The van der Waals surface area contributed by atoms with E-state index < -0.39 is 9.76 Å². The van der Waals surface area contributed by atoms with Gasteiger partial charge in [0.25, 0.3) is 0 Å². The van der Waals surface area contributed by atoms with E-state index >= 15 is 0 Å². The molecular formula is C13H14OSi. The Hall–Kier alpha value is -1.38. The Morgan fingerprint density at radius 2 is 1.87 bits per heavy atom. The largest absolute Gasteiger partial charge is 0.433 e. The molecule has 1 N–H and O–H groups in total. The van der Waals surface area contributed by atoms with Crippen LogP contribution in [-0.2, 0) is 0 Å². The van der Waals surface area contributed by atoms with Crippen LogP contribution >= 0.6 is 0 Å². The summed E-state index contributed by atoms with van der Waals surface area (Å²) in [5.41, 5.74) is 1.18. The highest BCUT2D eigenvalue weighted by Gasteiger charge is 2.03. The van der Waals surface area contributed by atoms with Crippen molar-refractivity contribution < 1.29 is 4.80 Å². The molecule has 0 aliphatic heterocycles. The summed E-state index contributed by atoms with van der Waals surface area (Å²) in [5.74, 6) is 0. The lowest BCUT2D eigenvalue weighted by Crippen LogP contribution is -1.95. The lowest BCUT2D eigenvalue weighted by Gasteiger charge is -2.07. The van der Waals surface area contributed by atoms with Gasteiger partial charge in [-0.15, -0.1) is 0 Å². The van der Waals surface area contributed by atoms with Crippen LogP contribution in [0.15, 0.2) is 48.5 Å². The molecule has 15 heavy (non-hydrogen) atoms. The van der Waals surface area contributed by atoms with Crippen molar-refractivity contribution in [2.75, 3.05) is 0 Å². The quantitative estimate of drug-likeness (QED) is 0.760. The molecule has 0 fully saturated rings. The molecule has 0 unspecified atom stereocenters. The predicted molar refractivity (Wildman–Crippen MR) is 68.4 cm³/mol. The SMILES string of the molecule is CC=C([SiH2]O)c1cccc2ccccc12. The highest BCUT2D eigenvalue weighted by molar-refractivity contribution is 6.54. The Morgan fingerprint density at radius 3 is 2.60 bits per heavy atom. The number of rotatable bonds is 2. The van der Waals surface area contributed by atoms with Crippen LogP contribution in [-0.4, -0.2) is 14.6 Å². The minimum atomic E-state index is -1.10. The average molecular weight is 214 g/mol. The first-order chi connectivity index (χ1) is 7.36. The first-order valence-electron chi connectivity index (χ1n) is 5.11. The normalized spacial score (nSPS) is 12.8. The minimum Gasteiger partial charge on any atom is -0.433 e. The van der Waals surface area contributed by atoms with Gasteiger partial charge in [-0.25, -0.2) is 0 Å². The van der Waals surface area contributed by atoms with Crippen LogP contribution in [0.2, 0.25) is 0 Å². The van der Waals surface area contributed by atoms with Crippen molar-refractivity contribution in [3.8, 4) is 0 Å². The molecule has 2 heteroatoms. The Labute approximate surface area is 92.0 Å². The van der Waals surface area contributed by atoms with Crippen molar-refractivity contribution in [3.63, 3.8) is 0 Å². The lowest BCUT2D eigenvalue weighted by atomic mass is 10.0. The molecule has 0 aromatic heterocycles. The van der Waals surface area contributed by atoms with Gasteiger partial charge in [0.2, 0.25) is 0 Å². The van der Waals surface area contributed by atoms with Crippen LogP contribution in [0.3, 0.4) is 0 Å². The van der Waals surface area contributed by atoms with Crippen LogP contribution in [0.4, 0.5) is 0 Å². The van der Waals surface area contributed by atoms with Crippen LogP contribution in [0.5, 0.6) is 0 Å². The van der Waals surface area contributed by atoms with Gasteiger partial charge in [-0.3, -0.25) is 0 Å². The van der Waals surface area contributed by atoms with Gasteiger partial charge in [0.1, 0.15) is 0 Å². The second-order valence-electron chi connectivity index (χ2n) is 3.50. The fraction of sp³-hybridized carbons (Fsp3) is 0.0769. The fourth-order valence-corrected chi connectivity index (χ4v) is 2.50. The zero-order valence-electron chi connectivity index (χ0n) is 8.77. The Morgan fingerprint density at radius 1 is 1.13 bits per heavy atom. The molecule has 0 spiro atoms. The van der Waals surface area contributed by atoms with Crippen molar-refractivity contribution in [2.24, 2.45) is 0 Å². The molecule has 0 heterocycles. The van der Waals surface area contributed by atoms with E-state index in [-0.39, 0.29) is 0 Å². The van der Waals surface area contributed by atoms with E-state index in [9.17, 15) is 4.80 Å². The van der Waals surface area contributed by atoms with Gasteiger partial charge in [0, 0.05) is 0 Å². The Kier molecular flexibility index (Phi) is 2.99. The zero-order valence-corrected chi connectivity index (χ0v) is 10.2. The van der Waals surface area contributed by atoms with E-state index in [0.29, 0.717) is 0 Å². The van der Waals surface area contributed by atoms with Crippen molar-refractivity contribution in [1.29, 1.82) is 0 Å². The molecule has 0 aliphatic rings. The van der Waals surface area contributed by atoms with Gasteiger partial charge in [-0.05, 0) is 28.5 Å². The monoisotopic (exact) mass is 214 g/mol. The topological polar surface area (TPSA) is 20.2 Å². The molecule has 0 amide bonds. The molecule has 0 radical (unpaired) electrons. The van der Waals surface area contributed by atoms with Crippen molar-refractivity contribution >= 4 is 25.7 Å². The predicted octanol–water partition coefficient (Wildman–Crippen LogP) is 2.28. The van der Waals surface area contributed by atoms with E-state index in [1.54, 1.807) is 0 Å². The molecule has 0 saturated carbocycles. The van der Waals surface area contributed by atoms with Gasteiger partial charge >= 0.3 is 0 Å². The summed E-state index contributed by atoms with van der Waals surface area (Å²) in [7, 11) is -1.10. The molecule has 0 bridgehead atoms. The maximum absolute atomic E-state index is 9.41. The van der Waals surface area contributed by atoms with Crippen molar-refractivity contribution in [2.45, 2.75) is 6.92 Å². The fourth-order valence-electron chi connectivity index (χ4n) is 1.84. The van der Waals surface area contributed by atoms with Gasteiger partial charge in [0.05, 0.1) is 0 Å². The molecular weight excluding hydrogens is 200 g/mol. The maximum atomic E-state index is 9.41. The van der Waals surface area contributed by atoms with Crippen molar-refractivity contribution in [1.82, 2.24) is 0 Å². The molecule has 0 atom stereocenters.